The van der Waals surface area contributed by atoms with Gasteiger partial charge in [-0.15, -0.1) is 0 Å². The molecule has 2 aromatic rings. The average Bonchev–Trinajstić information content (AvgIpc) is 3.33. The van der Waals surface area contributed by atoms with Crippen molar-refractivity contribution in [1.29, 1.82) is 0 Å². The van der Waals surface area contributed by atoms with E-state index in [1.807, 2.05) is 46.2 Å². The molecule has 2 aliphatic rings. The number of carbonyl (C=O) groups excluding carboxylic acids is 2. The summed E-state index contributed by atoms with van der Waals surface area (Å²) < 4.78 is 5.91. The van der Waals surface area contributed by atoms with Gasteiger partial charge < -0.3 is 14.5 Å². The van der Waals surface area contributed by atoms with E-state index in [0.717, 1.165) is 44.6 Å². The van der Waals surface area contributed by atoms with Gasteiger partial charge in [0.1, 0.15) is 12.4 Å². The topological polar surface area (TPSA) is 53.1 Å². The van der Waals surface area contributed by atoms with Crippen LogP contribution in [-0.2, 0) is 11.4 Å². The van der Waals surface area contributed by atoms with Gasteiger partial charge in [-0.05, 0) is 43.5 Å². The fraction of sp³-hybridized carbons (Fsp3) is 0.440. The number of benzene rings is 2. The van der Waals surface area contributed by atoms with E-state index in [9.17, 15) is 9.59 Å². The summed E-state index contributed by atoms with van der Waals surface area (Å²) in [5.74, 6) is 0.935. The first-order valence-corrected chi connectivity index (χ1v) is 11.2. The van der Waals surface area contributed by atoms with Crippen molar-refractivity contribution in [3.05, 3.63) is 65.2 Å². The lowest BCUT2D eigenvalue weighted by Crippen LogP contribution is -2.51. The van der Waals surface area contributed by atoms with Crippen LogP contribution in [0.1, 0.15) is 34.3 Å². The Bertz CT molecular complexity index is 916. The Morgan fingerprint density at radius 2 is 1.61 bits per heavy atom. The van der Waals surface area contributed by atoms with E-state index in [-0.39, 0.29) is 11.8 Å². The van der Waals surface area contributed by atoms with Crippen molar-refractivity contribution >= 4 is 11.8 Å². The summed E-state index contributed by atoms with van der Waals surface area (Å²) in [6.07, 6.45) is 2.23. The van der Waals surface area contributed by atoms with E-state index in [4.69, 9.17) is 4.74 Å². The Morgan fingerprint density at radius 1 is 0.871 bits per heavy atom. The van der Waals surface area contributed by atoms with E-state index >= 15 is 0 Å². The number of ether oxygens (including phenoxy) is 1. The molecule has 0 bridgehead atoms. The van der Waals surface area contributed by atoms with Gasteiger partial charge in [0.25, 0.3) is 5.91 Å². The van der Waals surface area contributed by atoms with Crippen LogP contribution in [0.5, 0.6) is 5.75 Å². The quantitative estimate of drug-likeness (QED) is 0.720. The van der Waals surface area contributed by atoms with Gasteiger partial charge in [0.2, 0.25) is 5.91 Å². The number of likely N-dealkylation sites (tertiary alicyclic amines) is 1. The summed E-state index contributed by atoms with van der Waals surface area (Å²) in [6.45, 7) is 7.52. The zero-order chi connectivity index (χ0) is 21.6. The lowest BCUT2D eigenvalue weighted by atomic mass is 10.1. The number of carbonyl (C=O) groups is 2. The van der Waals surface area contributed by atoms with Crippen molar-refractivity contribution < 1.29 is 14.3 Å². The van der Waals surface area contributed by atoms with Gasteiger partial charge >= 0.3 is 0 Å². The molecule has 0 N–H and O–H groups in total. The molecule has 0 radical (unpaired) electrons. The van der Waals surface area contributed by atoms with Crippen LogP contribution in [0.3, 0.4) is 0 Å². The van der Waals surface area contributed by atoms with Gasteiger partial charge in [-0.25, -0.2) is 0 Å². The highest BCUT2D eigenvalue weighted by atomic mass is 16.5. The molecular formula is C25H31N3O3. The van der Waals surface area contributed by atoms with E-state index < -0.39 is 0 Å². The maximum Gasteiger partial charge on any atom is 0.254 e. The molecule has 2 amide bonds. The highest BCUT2D eigenvalue weighted by Crippen LogP contribution is 2.18. The van der Waals surface area contributed by atoms with Crippen molar-refractivity contribution in [2.75, 3.05) is 45.8 Å². The first kappa shape index (κ1) is 21.4. The van der Waals surface area contributed by atoms with E-state index in [2.05, 4.69) is 24.0 Å². The molecule has 6 heteroatoms. The van der Waals surface area contributed by atoms with Gasteiger partial charge in [-0.1, -0.05) is 35.9 Å². The number of rotatable bonds is 6. The fourth-order valence-electron chi connectivity index (χ4n) is 4.24. The molecule has 0 aromatic heterocycles. The van der Waals surface area contributed by atoms with Crippen LogP contribution < -0.4 is 4.74 Å². The summed E-state index contributed by atoms with van der Waals surface area (Å²) in [5, 5.41) is 0. The largest absolute Gasteiger partial charge is 0.489 e. The van der Waals surface area contributed by atoms with Crippen LogP contribution in [0.4, 0.5) is 0 Å². The number of aryl methyl sites for hydroxylation is 1. The van der Waals surface area contributed by atoms with Crippen molar-refractivity contribution in [3.8, 4) is 5.75 Å². The van der Waals surface area contributed by atoms with Crippen LogP contribution in [0.15, 0.2) is 48.5 Å². The molecule has 0 spiro atoms. The van der Waals surface area contributed by atoms with Crippen molar-refractivity contribution in [3.63, 3.8) is 0 Å². The minimum absolute atomic E-state index is 0.0199. The van der Waals surface area contributed by atoms with E-state index in [1.54, 1.807) is 0 Å². The summed E-state index contributed by atoms with van der Waals surface area (Å²) in [6, 6.07) is 15.6. The Balaban J connectivity index is 1.28. The van der Waals surface area contributed by atoms with Gasteiger partial charge in [-0.2, -0.15) is 0 Å². The molecule has 31 heavy (non-hydrogen) atoms. The van der Waals surface area contributed by atoms with Crippen molar-refractivity contribution in [1.82, 2.24) is 14.7 Å². The average molecular weight is 422 g/mol. The smallest absolute Gasteiger partial charge is 0.254 e. The SMILES string of the molecule is Cc1cccc(COc2cccc(C(=O)N3CCN(CC(=O)N4CCCC4)CC3)c2)c1. The number of hydrogen-bond acceptors (Lipinski definition) is 4. The second kappa shape index (κ2) is 9.96. The third kappa shape index (κ3) is 5.64. The minimum atomic E-state index is 0.0199. The van der Waals surface area contributed by atoms with Crippen LogP contribution in [0.2, 0.25) is 0 Å². The molecule has 2 aromatic carbocycles. The highest BCUT2D eigenvalue weighted by Gasteiger charge is 2.25. The van der Waals surface area contributed by atoms with E-state index in [0.29, 0.717) is 37.6 Å². The summed E-state index contributed by atoms with van der Waals surface area (Å²) in [4.78, 5) is 31.3. The molecular weight excluding hydrogens is 390 g/mol. The monoisotopic (exact) mass is 421 g/mol. The molecule has 0 saturated carbocycles. The zero-order valence-corrected chi connectivity index (χ0v) is 18.3. The fourth-order valence-corrected chi connectivity index (χ4v) is 4.24. The molecule has 6 nitrogen and oxygen atoms in total. The maximum atomic E-state index is 13.0. The first-order valence-electron chi connectivity index (χ1n) is 11.2. The molecule has 2 aliphatic heterocycles. The summed E-state index contributed by atoms with van der Waals surface area (Å²) in [7, 11) is 0. The van der Waals surface area contributed by atoms with Crippen LogP contribution in [0.25, 0.3) is 0 Å². The van der Waals surface area contributed by atoms with Crippen LogP contribution in [-0.4, -0.2) is 72.3 Å². The Kier molecular flexibility index (Phi) is 6.87. The van der Waals surface area contributed by atoms with E-state index in [1.165, 1.54) is 5.56 Å². The number of nitrogens with zero attached hydrogens (tertiary/aromatic N) is 3. The minimum Gasteiger partial charge on any atom is -0.489 e. The summed E-state index contributed by atoms with van der Waals surface area (Å²) in [5.41, 5.74) is 2.95. The maximum absolute atomic E-state index is 13.0. The van der Waals surface area contributed by atoms with Crippen molar-refractivity contribution in [2.45, 2.75) is 26.4 Å². The molecule has 4 rings (SSSR count). The lowest BCUT2D eigenvalue weighted by molar-refractivity contribution is -0.131. The van der Waals surface area contributed by atoms with Crippen LogP contribution in [0, 0.1) is 6.92 Å². The normalized spacial score (nSPS) is 17.1. The Labute approximate surface area is 184 Å². The number of piperazine rings is 1. The molecule has 0 atom stereocenters. The summed E-state index contributed by atoms with van der Waals surface area (Å²) >= 11 is 0. The lowest BCUT2D eigenvalue weighted by Gasteiger charge is -2.35. The molecule has 164 valence electrons. The second-order valence-corrected chi connectivity index (χ2v) is 8.46. The first-order chi connectivity index (χ1) is 15.1. The number of amides is 2. The predicted octanol–water partition coefficient (Wildman–Crippen LogP) is 2.95. The van der Waals surface area contributed by atoms with Gasteiger partial charge in [0.15, 0.2) is 0 Å². The standard InChI is InChI=1S/C25H31N3O3/c1-20-6-4-7-21(16-20)19-31-23-9-5-8-22(17-23)25(30)28-14-12-26(13-15-28)18-24(29)27-10-2-3-11-27/h4-9,16-17H,2-3,10-15,18-19H2,1H3. The Morgan fingerprint density at radius 3 is 2.35 bits per heavy atom. The highest BCUT2D eigenvalue weighted by molar-refractivity contribution is 5.94. The molecule has 2 fully saturated rings. The molecule has 0 unspecified atom stereocenters. The van der Waals surface area contributed by atoms with Gasteiger partial charge in [-0.3, -0.25) is 14.5 Å². The third-order valence-corrected chi connectivity index (χ3v) is 6.05. The Hall–Kier alpha value is -2.86. The third-order valence-electron chi connectivity index (χ3n) is 6.05. The van der Waals surface area contributed by atoms with Gasteiger partial charge in [0.05, 0.1) is 6.54 Å². The number of hydrogen-bond donors (Lipinski definition) is 0. The molecule has 2 heterocycles. The second-order valence-electron chi connectivity index (χ2n) is 8.46. The van der Waals surface area contributed by atoms with Crippen LogP contribution >= 0.6 is 0 Å². The molecule has 0 aliphatic carbocycles. The van der Waals surface area contributed by atoms with Gasteiger partial charge in [0, 0.05) is 44.8 Å². The van der Waals surface area contributed by atoms with Crippen molar-refractivity contribution in [2.24, 2.45) is 0 Å². The predicted molar refractivity (Wildman–Crippen MR) is 120 cm³/mol. The molecule has 2 saturated heterocycles. The zero-order valence-electron chi connectivity index (χ0n) is 18.3.